The van der Waals surface area contributed by atoms with Gasteiger partial charge in [-0.15, -0.1) is 0 Å². The standard InChI is InChI=1S/C35H45NO13/c1-18(37)44-22(16-25(39)48-32(2,3)4)30(41)46-23(17-26(40)49-33(5,6)7)31(42)45-21-11-12-35(43)24-15-19-9-10-20(38)28-27(19)34(35,29(21)47-28)13-14-36(24)8/h9-11,22-24,29,38,43H,12-17H2,1-8H3/t22?,23?,24-,29+,34+,35-/m1/s1. The number of hydrogen-bond donors (Lipinski definition) is 2. The van der Waals surface area contributed by atoms with Crippen LogP contribution in [0.5, 0.6) is 11.5 Å². The molecule has 4 aliphatic rings. The predicted molar refractivity (Wildman–Crippen MR) is 169 cm³/mol. The number of rotatable bonds is 9. The first kappa shape index (κ1) is 36.1. The molecule has 2 unspecified atom stereocenters. The van der Waals surface area contributed by atoms with Gasteiger partial charge in [0.15, 0.2) is 17.6 Å². The molecule has 1 spiro atoms. The Bertz CT molecular complexity index is 1590. The molecule has 1 aromatic carbocycles. The number of carbonyl (C=O) groups excluding carboxylic acids is 5. The molecule has 1 fully saturated rings. The van der Waals surface area contributed by atoms with Gasteiger partial charge in [-0.2, -0.15) is 0 Å². The molecule has 0 saturated carbocycles. The highest BCUT2D eigenvalue weighted by Gasteiger charge is 2.72. The van der Waals surface area contributed by atoms with Gasteiger partial charge >= 0.3 is 29.8 Å². The largest absolute Gasteiger partial charge is 0.504 e. The van der Waals surface area contributed by atoms with E-state index in [0.29, 0.717) is 24.9 Å². The van der Waals surface area contributed by atoms with Crippen LogP contribution < -0.4 is 4.74 Å². The minimum Gasteiger partial charge on any atom is -0.504 e. The second-order valence-corrected chi connectivity index (χ2v) is 15.1. The van der Waals surface area contributed by atoms with E-state index in [2.05, 4.69) is 4.90 Å². The summed E-state index contributed by atoms with van der Waals surface area (Å²) in [4.78, 5) is 66.6. The lowest BCUT2D eigenvalue weighted by Gasteiger charge is -2.61. The summed E-state index contributed by atoms with van der Waals surface area (Å²) in [5.41, 5.74) is -2.67. The summed E-state index contributed by atoms with van der Waals surface area (Å²) in [5, 5.41) is 23.2. The number of likely N-dealkylation sites (tertiary alicyclic amines) is 1. The minimum absolute atomic E-state index is 0.0111. The Labute approximate surface area is 284 Å². The Kier molecular flexibility index (Phi) is 9.30. The highest BCUT2D eigenvalue weighted by Crippen LogP contribution is 2.65. The maximum Gasteiger partial charge on any atom is 0.353 e. The Balaban J connectivity index is 1.44. The first-order valence-corrected chi connectivity index (χ1v) is 16.3. The van der Waals surface area contributed by atoms with Crippen LogP contribution in [0.1, 0.15) is 85.3 Å². The van der Waals surface area contributed by atoms with Crippen molar-refractivity contribution >= 4 is 29.8 Å². The highest BCUT2D eigenvalue weighted by molar-refractivity contribution is 5.88. The quantitative estimate of drug-likeness (QED) is 0.285. The monoisotopic (exact) mass is 687 g/mol. The molecule has 49 heavy (non-hydrogen) atoms. The van der Waals surface area contributed by atoms with Crippen molar-refractivity contribution in [1.29, 1.82) is 0 Å². The third-order valence-corrected chi connectivity index (χ3v) is 9.21. The Hall–Kier alpha value is -4.17. The Morgan fingerprint density at radius 1 is 0.959 bits per heavy atom. The van der Waals surface area contributed by atoms with Crippen LogP contribution in [0, 0.1) is 0 Å². The molecule has 14 heteroatoms. The number of likely N-dealkylation sites (N-methyl/N-ethyl adjacent to an activating group) is 1. The van der Waals surface area contributed by atoms with Crippen molar-refractivity contribution in [3.8, 4) is 11.5 Å². The fourth-order valence-electron chi connectivity index (χ4n) is 7.45. The number of aromatic hydroxyl groups is 1. The molecule has 2 aliphatic carbocycles. The van der Waals surface area contributed by atoms with Gasteiger partial charge in [0.05, 0.1) is 23.9 Å². The second-order valence-electron chi connectivity index (χ2n) is 15.1. The van der Waals surface area contributed by atoms with Gasteiger partial charge in [-0.05, 0) is 85.7 Å². The fourth-order valence-corrected chi connectivity index (χ4v) is 7.45. The number of esters is 5. The van der Waals surface area contributed by atoms with Crippen LogP contribution in [0.3, 0.4) is 0 Å². The van der Waals surface area contributed by atoms with Crippen molar-refractivity contribution in [3.05, 3.63) is 35.1 Å². The van der Waals surface area contributed by atoms with Crippen LogP contribution in [0.4, 0.5) is 0 Å². The number of phenols is 1. The summed E-state index contributed by atoms with van der Waals surface area (Å²) in [5.74, 6) is -5.03. The van der Waals surface area contributed by atoms with E-state index < -0.39 is 83.2 Å². The number of ether oxygens (including phenoxy) is 6. The molecule has 0 radical (unpaired) electrons. The minimum atomic E-state index is -1.90. The Morgan fingerprint density at radius 2 is 1.55 bits per heavy atom. The first-order valence-electron chi connectivity index (χ1n) is 16.3. The summed E-state index contributed by atoms with van der Waals surface area (Å²) in [6.07, 6.45) is -3.65. The van der Waals surface area contributed by atoms with Crippen molar-refractivity contribution in [3.63, 3.8) is 0 Å². The molecule has 5 rings (SSSR count). The van der Waals surface area contributed by atoms with Crippen LogP contribution in [0.2, 0.25) is 0 Å². The van der Waals surface area contributed by atoms with E-state index in [0.717, 1.165) is 12.5 Å². The van der Waals surface area contributed by atoms with Crippen molar-refractivity contribution in [1.82, 2.24) is 4.90 Å². The molecule has 2 heterocycles. The van der Waals surface area contributed by atoms with E-state index in [4.69, 9.17) is 28.4 Å². The second kappa shape index (κ2) is 12.6. The van der Waals surface area contributed by atoms with Crippen molar-refractivity contribution in [2.24, 2.45) is 0 Å². The van der Waals surface area contributed by atoms with Gasteiger partial charge in [-0.1, -0.05) is 6.07 Å². The number of nitrogens with zero attached hydrogens (tertiary/aromatic N) is 1. The summed E-state index contributed by atoms with van der Waals surface area (Å²) in [7, 11) is 1.94. The van der Waals surface area contributed by atoms with Crippen LogP contribution in [0.25, 0.3) is 0 Å². The molecule has 268 valence electrons. The Morgan fingerprint density at radius 3 is 2.12 bits per heavy atom. The molecule has 2 bridgehead atoms. The number of piperidine rings is 1. The first-order chi connectivity index (χ1) is 22.6. The van der Waals surface area contributed by atoms with Gasteiger partial charge in [0.1, 0.15) is 17.0 Å². The van der Waals surface area contributed by atoms with E-state index in [-0.39, 0.29) is 29.7 Å². The van der Waals surface area contributed by atoms with Gasteiger partial charge in [-0.25, -0.2) is 9.59 Å². The molecule has 2 N–H and O–H groups in total. The average molecular weight is 688 g/mol. The van der Waals surface area contributed by atoms with E-state index in [1.807, 2.05) is 13.1 Å². The van der Waals surface area contributed by atoms with Crippen LogP contribution in [-0.4, -0.2) is 99.7 Å². The average Bonchev–Trinajstić information content (AvgIpc) is 3.31. The molecule has 1 aromatic rings. The van der Waals surface area contributed by atoms with Crippen LogP contribution in [0.15, 0.2) is 24.0 Å². The molecular formula is C35H45NO13. The smallest absolute Gasteiger partial charge is 0.353 e. The van der Waals surface area contributed by atoms with Gasteiger partial charge in [0.25, 0.3) is 0 Å². The van der Waals surface area contributed by atoms with Gasteiger partial charge in [-0.3, -0.25) is 14.4 Å². The molecule has 2 aliphatic heterocycles. The SMILES string of the molecule is CC(=O)OC(CC(=O)OC(C)(C)C)C(=O)OC(CC(=O)OC(C)(C)C)C(=O)OC1=CC[C@@]2(O)[C@H]3Cc4ccc(O)c5c4[C@@]2(CCN3C)[C@H]1O5. The zero-order chi connectivity index (χ0) is 36.3. The lowest BCUT2D eigenvalue weighted by atomic mass is 9.50. The number of benzene rings is 1. The highest BCUT2D eigenvalue weighted by atomic mass is 16.6. The maximum atomic E-state index is 13.9. The number of aliphatic hydroxyl groups is 1. The molecule has 6 atom stereocenters. The number of carbonyl (C=O) groups is 5. The van der Waals surface area contributed by atoms with Crippen molar-refractivity contribution in [2.75, 3.05) is 13.6 Å². The summed E-state index contributed by atoms with van der Waals surface area (Å²) >= 11 is 0. The van der Waals surface area contributed by atoms with E-state index >= 15 is 0 Å². The third kappa shape index (κ3) is 6.85. The zero-order valence-electron chi connectivity index (χ0n) is 29.1. The summed E-state index contributed by atoms with van der Waals surface area (Å²) in [6, 6.07) is 3.06. The molecule has 14 nitrogen and oxygen atoms in total. The van der Waals surface area contributed by atoms with Crippen molar-refractivity contribution < 1.29 is 62.6 Å². The number of phenolic OH excluding ortho intramolecular Hbond substituents is 1. The predicted octanol–water partition coefficient (Wildman–Crippen LogP) is 2.52. The molecule has 0 amide bonds. The zero-order valence-corrected chi connectivity index (χ0v) is 29.1. The molecule has 0 aromatic heterocycles. The summed E-state index contributed by atoms with van der Waals surface area (Å²) in [6.45, 7) is 11.3. The lowest BCUT2D eigenvalue weighted by Crippen LogP contribution is -2.74. The van der Waals surface area contributed by atoms with Crippen molar-refractivity contribution in [2.45, 2.75) is 127 Å². The fraction of sp³-hybridized carbons (Fsp3) is 0.629. The molecular weight excluding hydrogens is 642 g/mol. The summed E-state index contributed by atoms with van der Waals surface area (Å²) < 4.78 is 33.3. The van der Waals surface area contributed by atoms with Crippen LogP contribution >= 0.6 is 0 Å². The van der Waals surface area contributed by atoms with Gasteiger partial charge in [0, 0.05) is 24.9 Å². The number of hydrogen-bond acceptors (Lipinski definition) is 14. The van der Waals surface area contributed by atoms with E-state index in [1.165, 1.54) is 12.1 Å². The molecule has 1 saturated heterocycles. The third-order valence-electron chi connectivity index (χ3n) is 9.21. The normalized spacial score (nSPS) is 26.6. The lowest BCUT2D eigenvalue weighted by molar-refractivity contribution is -0.186. The van der Waals surface area contributed by atoms with Crippen LogP contribution in [-0.2, 0) is 59.5 Å². The topological polar surface area (TPSA) is 184 Å². The van der Waals surface area contributed by atoms with E-state index in [9.17, 15) is 34.2 Å². The maximum absolute atomic E-state index is 13.9. The van der Waals surface area contributed by atoms with Gasteiger partial charge in [0.2, 0.25) is 12.2 Å². The van der Waals surface area contributed by atoms with E-state index in [1.54, 1.807) is 41.5 Å². The van der Waals surface area contributed by atoms with Gasteiger partial charge < -0.3 is 43.5 Å².